The average Bonchev–Trinajstić information content (AvgIpc) is 3.33. The molecule has 136 valence electrons. The molecule has 0 saturated heterocycles. The van der Waals surface area contributed by atoms with Crippen molar-refractivity contribution in [3.05, 3.63) is 76.7 Å². The zero-order valence-corrected chi connectivity index (χ0v) is 14.8. The van der Waals surface area contributed by atoms with Crippen molar-refractivity contribution in [2.75, 3.05) is 18.5 Å². The number of aliphatic imine (C=N–C) groups is 1. The van der Waals surface area contributed by atoms with Gasteiger partial charge in [0.2, 0.25) is 5.90 Å². The van der Waals surface area contributed by atoms with E-state index in [1.165, 1.54) is 24.3 Å². The number of carbonyl (C=O) groups is 1. The average molecular weight is 385 g/mol. The Labute approximate surface area is 159 Å². The van der Waals surface area contributed by atoms with E-state index in [1.54, 1.807) is 35.1 Å². The van der Waals surface area contributed by atoms with Gasteiger partial charge in [0.05, 0.1) is 24.0 Å². The molecule has 2 aromatic carbocycles. The number of amides is 1. The number of nitrogens with one attached hydrogen (secondary N) is 1. The first-order valence-corrected chi connectivity index (χ1v) is 8.58. The van der Waals surface area contributed by atoms with Crippen LogP contribution in [-0.2, 0) is 4.74 Å². The SMILES string of the molecule is O=C(Nc1c(C2=NCCO2)cnn1-c1ccc(Cl)cc1)c1ccc(F)cc1. The Morgan fingerprint density at radius 2 is 1.89 bits per heavy atom. The largest absolute Gasteiger partial charge is 0.475 e. The topological polar surface area (TPSA) is 68.5 Å². The van der Waals surface area contributed by atoms with Gasteiger partial charge in [-0.3, -0.25) is 4.79 Å². The first-order valence-electron chi connectivity index (χ1n) is 8.20. The first kappa shape index (κ1) is 17.2. The molecule has 27 heavy (non-hydrogen) atoms. The summed E-state index contributed by atoms with van der Waals surface area (Å²) in [6, 6.07) is 12.3. The van der Waals surface area contributed by atoms with Crippen LogP contribution in [0.1, 0.15) is 15.9 Å². The van der Waals surface area contributed by atoms with Crippen LogP contribution in [-0.4, -0.2) is 34.7 Å². The van der Waals surface area contributed by atoms with Crippen LogP contribution < -0.4 is 5.32 Å². The lowest BCUT2D eigenvalue weighted by Crippen LogP contribution is -2.17. The Kier molecular flexibility index (Phi) is 4.60. The fourth-order valence-corrected chi connectivity index (χ4v) is 2.81. The molecule has 0 bridgehead atoms. The minimum atomic E-state index is -0.410. The molecule has 8 heteroatoms. The smallest absolute Gasteiger partial charge is 0.256 e. The molecule has 1 amide bonds. The minimum absolute atomic E-state index is 0.320. The van der Waals surface area contributed by atoms with Crippen LogP contribution in [0.3, 0.4) is 0 Å². The maximum atomic E-state index is 13.1. The predicted octanol–water partition coefficient (Wildman–Crippen LogP) is 3.69. The van der Waals surface area contributed by atoms with Crippen molar-refractivity contribution in [3.8, 4) is 5.69 Å². The Bertz CT molecular complexity index is 1010. The Morgan fingerprint density at radius 3 is 2.56 bits per heavy atom. The number of benzene rings is 2. The van der Waals surface area contributed by atoms with Gasteiger partial charge in [0.1, 0.15) is 18.2 Å². The number of carbonyl (C=O) groups excluding carboxylic acids is 1. The molecule has 0 unspecified atom stereocenters. The Morgan fingerprint density at radius 1 is 1.15 bits per heavy atom. The molecule has 1 aliphatic rings. The van der Waals surface area contributed by atoms with Crippen LogP contribution >= 0.6 is 11.6 Å². The van der Waals surface area contributed by atoms with E-state index >= 15 is 0 Å². The third-order valence-corrected chi connectivity index (χ3v) is 4.25. The molecule has 6 nitrogen and oxygen atoms in total. The third kappa shape index (κ3) is 3.54. The zero-order chi connectivity index (χ0) is 18.8. The van der Waals surface area contributed by atoms with E-state index < -0.39 is 11.7 Å². The van der Waals surface area contributed by atoms with Gasteiger partial charge >= 0.3 is 0 Å². The molecule has 1 aliphatic heterocycles. The molecule has 4 rings (SSSR count). The first-order chi connectivity index (χ1) is 13.1. The van der Waals surface area contributed by atoms with E-state index in [0.29, 0.717) is 46.7 Å². The summed E-state index contributed by atoms with van der Waals surface area (Å²) in [5.41, 5.74) is 1.59. The highest BCUT2D eigenvalue weighted by Gasteiger charge is 2.22. The maximum Gasteiger partial charge on any atom is 0.256 e. The molecule has 0 saturated carbocycles. The summed E-state index contributed by atoms with van der Waals surface area (Å²) in [6.07, 6.45) is 1.58. The highest BCUT2D eigenvalue weighted by molar-refractivity contribution is 6.30. The summed E-state index contributed by atoms with van der Waals surface area (Å²) in [7, 11) is 0. The van der Waals surface area contributed by atoms with E-state index in [2.05, 4.69) is 15.4 Å². The van der Waals surface area contributed by atoms with Crippen molar-refractivity contribution in [1.82, 2.24) is 9.78 Å². The standard InChI is InChI=1S/C19H14ClFN4O2/c20-13-3-7-15(8-4-13)25-17(16(11-23-25)19-22-9-10-27-19)24-18(26)12-1-5-14(21)6-2-12/h1-8,11H,9-10H2,(H,24,26). The van der Waals surface area contributed by atoms with Crippen LogP contribution in [0.15, 0.2) is 59.7 Å². The number of nitrogens with zero attached hydrogens (tertiary/aromatic N) is 3. The summed E-state index contributed by atoms with van der Waals surface area (Å²) >= 11 is 5.96. The summed E-state index contributed by atoms with van der Waals surface area (Å²) in [5.74, 6) is 0.0228. The Hall–Kier alpha value is -3.19. The van der Waals surface area contributed by atoms with Gasteiger partial charge in [-0.1, -0.05) is 11.6 Å². The number of rotatable bonds is 4. The number of hydrogen-bond donors (Lipinski definition) is 1. The molecular formula is C19H14ClFN4O2. The lowest BCUT2D eigenvalue weighted by atomic mass is 10.2. The lowest BCUT2D eigenvalue weighted by molar-refractivity contribution is 0.102. The minimum Gasteiger partial charge on any atom is -0.475 e. The van der Waals surface area contributed by atoms with E-state index in [-0.39, 0.29) is 0 Å². The number of hydrogen-bond acceptors (Lipinski definition) is 4. The van der Waals surface area contributed by atoms with E-state index in [1.807, 2.05) is 0 Å². The van der Waals surface area contributed by atoms with Gasteiger partial charge in [0.15, 0.2) is 0 Å². The second-order valence-electron chi connectivity index (χ2n) is 5.79. The molecule has 0 aliphatic carbocycles. The fraction of sp³-hybridized carbons (Fsp3) is 0.105. The van der Waals surface area contributed by atoms with E-state index in [0.717, 1.165) is 0 Å². The predicted molar refractivity (Wildman–Crippen MR) is 100 cm³/mol. The maximum absolute atomic E-state index is 13.1. The molecule has 3 aromatic rings. The lowest BCUT2D eigenvalue weighted by Gasteiger charge is -2.11. The zero-order valence-electron chi connectivity index (χ0n) is 14.0. The molecule has 1 N–H and O–H groups in total. The number of anilines is 1. The second-order valence-corrected chi connectivity index (χ2v) is 6.23. The van der Waals surface area contributed by atoms with Gasteiger partial charge in [0.25, 0.3) is 5.91 Å². The molecule has 2 heterocycles. The number of halogens is 2. The van der Waals surface area contributed by atoms with E-state index in [9.17, 15) is 9.18 Å². The quantitative estimate of drug-likeness (QED) is 0.745. The van der Waals surface area contributed by atoms with Crippen LogP contribution in [0.25, 0.3) is 5.69 Å². The number of aromatic nitrogens is 2. The van der Waals surface area contributed by atoms with E-state index in [4.69, 9.17) is 16.3 Å². The molecular weight excluding hydrogens is 371 g/mol. The van der Waals surface area contributed by atoms with Gasteiger partial charge in [-0.25, -0.2) is 14.1 Å². The number of ether oxygens (including phenoxy) is 1. The van der Waals surface area contributed by atoms with Crippen molar-refractivity contribution < 1.29 is 13.9 Å². The van der Waals surface area contributed by atoms with Gasteiger partial charge in [-0.2, -0.15) is 5.10 Å². The molecule has 0 atom stereocenters. The van der Waals surface area contributed by atoms with Crippen molar-refractivity contribution >= 4 is 29.2 Å². The summed E-state index contributed by atoms with van der Waals surface area (Å²) in [5, 5.41) is 7.78. The van der Waals surface area contributed by atoms with Gasteiger partial charge in [0, 0.05) is 10.6 Å². The van der Waals surface area contributed by atoms with Crippen LogP contribution in [0, 0.1) is 5.82 Å². The van der Waals surface area contributed by atoms with Crippen LogP contribution in [0.2, 0.25) is 5.02 Å². The summed E-state index contributed by atoms with van der Waals surface area (Å²) in [6.45, 7) is 1.03. The van der Waals surface area contributed by atoms with Crippen LogP contribution in [0.4, 0.5) is 10.2 Å². The highest BCUT2D eigenvalue weighted by Crippen LogP contribution is 2.24. The normalized spacial score (nSPS) is 13.2. The summed E-state index contributed by atoms with van der Waals surface area (Å²) in [4.78, 5) is 17.0. The van der Waals surface area contributed by atoms with Crippen LogP contribution in [0.5, 0.6) is 0 Å². The molecule has 0 fully saturated rings. The molecule has 1 aromatic heterocycles. The molecule has 0 radical (unpaired) electrons. The van der Waals surface area contributed by atoms with Gasteiger partial charge in [-0.15, -0.1) is 0 Å². The van der Waals surface area contributed by atoms with Crippen molar-refractivity contribution in [2.45, 2.75) is 0 Å². The highest BCUT2D eigenvalue weighted by atomic mass is 35.5. The molecule has 0 spiro atoms. The second kappa shape index (κ2) is 7.20. The van der Waals surface area contributed by atoms with Crippen molar-refractivity contribution in [2.24, 2.45) is 4.99 Å². The van der Waals surface area contributed by atoms with Crippen molar-refractivity contribution in [1.29, 1.82) is 0 Å². The fourth-order valence-electron chi connectivity index (χ4n) is 2.68. The van der Waals surface area contributed by atoms with Gasteiger partial charge in [-0.05, 0) is 48.5 Å². The monoisotopic (exact) mass is 384 g/mol. The summed E-state index contributed by atoms with van der Waals surface area (Å²) < 4.78 is 20.2. The van der Waals surface area contributed by atoms with Gasteiger partial charge < -0.3 is 10.1 Å². The Balaban J connectivity index is 1.74. The van der Waals surface area contributed by atoms with Crippen molar-refractivity contribution in [3.63, 3.8) is 0 Å². The third-order valence-electron chi connectivity index (χ3n) is 3.99.